The number of benzene rings is 3. The molecule has 0 unspecified atom stereocenters. The molecule has 1 aliphatic heterocycles. The van der Waals surface area contributed by atoms with Crippen molar-refractivity contribution in [1.29, 1.82) is 0 Å². The number of amides is 2. The number of hydrogen-bond acceptors (Lipinski definition) is 4. The first-order chi connectivity index (χ1) is 16.4. The van der Waals surface area contributed by atoms with E-state index in [1.807, 2.05) is 68.4 Å². The lowest BCUT2D eigenvalue weighted by molar-refractivity contribution is -0.120. The largest absolute Gasteiger partial charge is 0.350 e. The lowest BCUT2D eigenvalue weighted by atomic mass is 10.1. The molecule has 0 radical (unpaired) electrons. The number of carbonyl (C=O) groups is 2. The number of nitrogens with zero attached hydrogens (tertiary/aromatic N) is 1. The highest BCUT2D eigenvalue weighted by Crippen LogP contribution is 2.38. The predicted octanol–water partition coefficient (Wildman–Crippen LogP) is 7.29. The van der Waals surface area contributed by atoms with Gasteiger partial charge >= 0.3 is 0 Å². The topological polar surface area (TPSA) is 49.4 Å². The number of anilines is 2. The molecule has 0 saturated heterocycles. The predicted molar refractivity (Wildman–Crippen MR) is 141 cm³/mol. The number of carbonyl (C=O) groups excluding carboxylic acids is 2. The fraction of sp³-hybridized carbons (Fsp3) is 0.214. The molecule has 0 aromatic heterocycles. The van der Waals surface area contributed by atoms with Crippen LogP contribution in [0, 0.1) is 13.8 Å². The zero-order valence-electron chi connectivity index (χ0n) is 19.5. The van der Waals surface area contributed by atoms with Gasteiger partial charge in [-0.05, 0) is 74.2 Å². The van der Waals surface area contributed by atoms with Crippen molar-refractivity contribution >= 4 is 46.6 Å². The Balaban J connectivity index is 1.70. The summed E-state index contributed by atoms with van der Waals surface area (Å²) in [6.07, 6.45) is 3.20. The van der Waals surface area contributed by atoms with Gasteiger partial charge < -0.3 is 5.32 Å². The molecule has 174 valence electrons. The van der Waals surface area contributed by atoms with Crippen LogP contribution in [0.1, 0.15) is 36.5 Å². The Morgan fingerprint density at radius 3 is 2.29 bits per heavy atom. The highest BCUT2D eigenvalue weighted by atomic mass is 35.5. The van der Waals surface area contributed by atoms with Crippen LogP contribution >= 0.6 is 23.4 Å². The van der Waals surface area contributed by atoms with Gasteiger partial charge in [-0.15, -0.1) is 0 Å². The van der Waals surface area contributed by atoms with Crippen molar-refractivity contribution in [3.63, 3.8) is 0 Å². The Labute approximate surface area is 210 Å². The first-order valence-corrected chi connectivity index (χ1v) is 12.6. The van der Waals surface area contributed by atoms with Gasteiger partial charge in [0.15, 0.2) is 0 Å². The Bertz CT molecular complexity index is 1250. The van der Waals surface area contributed by atoms with Crippen LogP contribution in [0.15, 0.2) is 82.2 Å². The summed E-state index contributed by atoms with van der Waals surface area (Å²) in [4.78, 5) is 29.6. The standard InChI is InChI=1S/C28H27ClN2O2S/c1-4-5-6-20-10-13-22(14-11-20)31-27(32)25(30-24-17-21(29)12-9-19(24)3)26(28(31)33)34-23-15-7-18(2)8-16-23/h7-17,30H,4-6H2,1-3H3. The third-order valence-electron chi connectivity index (χ3n) is 5.76. The summed E-state index contributed by atoms with van der Waals surface area (Å²) in [7, 11) is 0. The molecule has 3 aromatic rings. The van der Waals surface area contributed by atoms with E-state index in [1.54, 1.807) is 12.1 Å². The van der Waals surface area contributed by atoms with E-state index in [0.29, 0.717) is 21.3 Å². The van der Waals surface area contributed by atoms with Gasteiger partial charge in [0, 0.05) is 15.6 Å². The zero-order chi connectivity index (χ0) is 24.2. The van der Waals surface area contributed by atoms with E-state index in [0.717, 1.165) is 35.3 Å². The Hall–Kier alpha value is -3.02. The molecule has 4 rings (SSSR count). The van der Waals surface area contributed by atoms with Crippen molar-refractivity contribution in [3.8, 4) is 0 Å². The number of thioether (sulfide) groups is 1. The SMILES string of the molecule is CCCCc1ccc(N2C(=O)C(Nc3cc(Cl)ccc3C)=C(Sc3ccc(C)cc3)C2=O)cc1. The molecule has 6 heteroatoms. The fourth-order valence-electron chi connectivity index (χ4n) is 3.73. The van der Waals surface area contributed by atoms with Gasteiger partial charge in [0.1, 0.15) is 10.6 Å². The van der Waals surface area contributed by atoms with Crippen molar-refractivity contribution in [2.45, 2.75) is 44.9 Å². The number of rotatable bonds is 8. The number of aryl methyl sites for hydroxylation is 3. The second kappa shape index (κ2) is 10.5. The molecule has 0 fully saturated rings. The Morgan fingerprint density at radius 1 is 0.912 bits per heavy atom. The van der Waals surface area contributed by atoms with E-state index in [2.05, 4.69) is 12.2 Å². The Morgan fingerprint density at radius 2 is 1.62 bits per heavy atom. The van der Waals surface area contributed by atoms with E-state index in [1.165, 1.54) is 22.2 Å². The van der Waals surface area contributed by atoms with Gasteiger partial charge in [0.2, 0.25) is 0 Å². The first-order valence-electron chi connectivity index (χ1n) is 11.4. The summed E-state index contributed by atoms with van der Waals surface area (Å²) in [5.74, 6) is -0.709. The van der Waals surface area contributed by atoms with Crippen molar-refractivity contribution in [2.75, 3.05) is 10.2 Å². The van der Waals surface area contributed by atoms with Crippen LogP contribution in [0.5, 0.6) is 0 Å². The Kier molecular flexibility index (Phi) is 7.44. The van der Waals surface area contributed by atoms with Crippen LogP contribution in [0.25, 0.3) is 0 Å². The molecule has 0 aliphatic carbocycles. The van der Waals surface area contributed by atoms with Gasteiger partial charge in [-0.1, -0.05) is 72.6 Å². The second-order valence-electron chi connectivity index (χ2n) is 8.42. The van der Waals surface area contributed by atoms with Crippen LogP contribution in [0.3, 0.4) is 0 Å². The average molecular weight is 491 g/mol. The van der Waals surface area contributed by atoms with Crippen LogP contribution in [-0.4, -0.2) is 11.8 Å². The molecular formula is C28H27ClN2O2S. The lowest BCUT2D eigenvalue weighted by Gasteiger charge is -2.16. The maximum Gasteiger partial charge on any atom is 0.283 e. The van der Waals surface area contributed by atoms with Gasteiger partial charge in [-0.2, -0.15) is 0 Å². The molecule has 4 nitrogen and oxygen atoms in total. The number of hydrogen-bond donors (Lipinski definition) is 1. The van der Waals surface area contributed by atoms with Gasteiger partial charge in [-0.3, -0.25) is 9.59 Å². The summed E-state index contributed by atoms with van der Waals surface area (Å²) in [6, 6.07) is 21.0. The maximum absolute atomic E-state index is 13.6. The molecule has 0 bridgehead atoms. The summed E-state index contributed by atoms with van der Waals surface area (Å²) in [5, 5.41) is 3.77. The molecular weight excluding hydrogens is 464 g/mol. The molecule has 2 amide bonds. The van der Waals surface area contributed by atoms with E-state index in [9.17, 15) is 9.59 Å². The summed E-state index contributed by atoms with van der Waals surface area (Å²) in [6.45, 7) is 6.10. The smallest absolute Gasteiger partial charge is 0.283 e. The van der Waals surface area contributed by atoms with Crippen molar-refractivity contribution in [3.05, 3.63) is 99.0 Å². The minimum absolute atomic E-state index is 0.260. The van der Waals surface area contributed by atoms with E-state index >= 15 is 0 Å². The number of imide groups is 1. The summed E-state index contributed by atoms with van der Waals surface area (Å²) in [5.41, 5.74) is 4.77. The van der Waals surface area contributed by atoms with E-state index < -0.39 is 0 Å². The molecule has 0 atom stereocenters. The minimum Gasteiger partial charge on any atom is -0.350 e. The van der Waals surface area contributed by atoms with Crippen LogP contribution in [-0.2, 0) is 16.0 Å². The van der Waals surface area contributed by atoms with Gasteiger partial charge in [-0.25, -0.2) is 4.90 Å². The van der Waals surface area contributed by atoms with Crippen molar-refractivity contribution < 1.29 is 9.59 Å². The second-order valence-corrected chi connectivity index (χ2v) is 9.94. The van der Waals surface area contributed by atoms with Gasteiger partial charge in [0.05, 0.1) is 5.69 Å². The van der Waals surface area contributed by atoms with Crippen LogP contribution in [0.2, 0.25) is 5.02 Å². The highest BCUT2D eigenvalue weighted by molar-refractivity contribution is 8.04. The monoisotopic (exact) mass is 490 g/mol. The first kappa shape index (κ1) is 24.1. The van der Waals surface area contributed by atoms with Gasteiger partial charge in [0.25, 0.3) is 11.8 Å². The minimum atomic E-state index is -0.375. The third kappa shape index (κ3) is 5.21. The van der Waals surface area contributed by atoms with Crippen LogP contribution < -0.4 is 10.2 Å². The quantitative estimate of drug-likeness (QED) is 0.337. The molecule has 34 heavy (non-hydrogen) atoms. The third-order valence-corrected chi connectivity index (χ3v) is 7.08. The maximum atomic E-state index is 13.6. The fourth-order valence-corrected chi connectivity index (χ4v) is 4.83. The number of halogens is 1. The molecule has 0 spiro atoms. The molecule has 1 N–H and O–H groups in total. The molecule has 1 heterocycles. The van der Waals surface area contributed by atoms with Crippen LogP contribution in [0.4, 0.5) is 11.4 Å². The molecule has 1 aliphatic rings. The van der Waals surface area contributed by atoms with E-state index in [4.69, 9.17) is 11.6 Å². The summed E-state index contributed by atoms with van der Waals surface area (Å²) < 4.78 is 0. The normalized spacial score (nSPS) is 13.7. The molecule has 0 saturated carbocycles. The summed E-state index contributed by atoms with van der Waals surface area (Å²) >= 11 is 7.49. The lowest BCUT2D eigenvalue weighted by Crippen LogP contribution is -2.32. The average Bonchev–Trinajstić information content (AvgIpc) is 3.05. The highest BCUT2D eigenvalue weighted by Gasteiger charge is 2.40. The van der Waals surface area contributed by atoms with Crippen molar-refractivity contribution in [2.24, 2.45) is 0 Å². The molecule has 3 aromatic carbocycles. The number of unbranched alkanes of at least 4 members (excludes halogenated alkanes) is 1. The van der Waals surface area contributed by atoms with Crippen molar-refractivity contribution in [1.82, 2.24) is 0 Å². The number of nitrogens with one attached hydrogen (secondary N) is 1. The zero-order valence-corrected chi connectivity index (χ0v) is 21.1. The van der Waals surface area contributed by atoms with E-state index in [-0.39, 0.29) is 17.5 Å².